The van der Waals surface area contributed by atoms with Gasteiger partial charge in [0, 0.05) is 43.2 Å². The molecule has 0 radical (unpaired) electrons. The Labute approximate surface area is 117 Å². The SMILES string of the molecule is CCOCCN(CC)CC1(N)C2CCOC2C1(C)C. The van der Waals surface area contributed by atoms with Gasteiger partial charge in [-0.2, -0.15) is 0 Å². The van der Waals surface area contributed by atoms with E-state index in [0.717, 1.165) is 45.9 Å². The molecule has 19 heavy (non-hydrogen) atoms. The number of rotatable bonds is 7. The molecule has 0 amide bonds. The van der Waals surface area contributed by atoms with Gasteiger partial charge >= 0.3 is 0 Å². The van der Waals surface area contributed by atoms with E-state index in [-0.39, 0.29) is 11.0 Å². The predicted octanol–water partition coefficient (Wildman–Crippen LogP) is 1.49. The minimum Gasteiger partial charge on any atom is -0.380 e. The summed E-state index contributed by atoms with van der Waals surface area (Å²) in [6.07, 6.45) is 1.48. The molecular weight excluding hydrogens is 240 g/mol. The number of nitrogens with two attached hydrogens (primary N) is 1. The van der Waals surface area contributed by atoms with E-state index in [1.807, 2.05) is 6.92 Å². The molecule has 2 N–H and O–H groups in total. The van der Waals surface area contributed by atoms with Crippen LogP contribution in [0.4, 0.5) is 0 Å². The van der Waals surface area contributed by atoms with Gasteiger partial charge in [-0.25, -0.2) is 0 Å². The first-order valence-electron chi connectivity index (χ1n) is 7.68. The van der Waals surface area contributed by atoms with Crippen molar-refractivity contribution < 1.29 is 9.47 Å². The minimum absolute atomic E-state index is 0.0766. The highest BCUT2D eigenvalue weighted by atomic mass is 16.5. The highest BCUT2D eigenvalue weighted by Gasteiger charge is 2.67. The monoisotopic (exact) mass is 270 g/mol. The molecule has 0 aromatic rings. The lowest BCUT2D eigenvalue weighted by atomic mass is 9.48. The van der Waals surface area contributed by atoms with Crippen molar-refractivity contribution in [2.75, 3.05) is 39.5 Å². The molecule has 1 saturated carbocycles. The van der Waals surface area contributed by atoms with Crippen LogP contribution in [0.3, 0.4) is 0 Å². The smallest absolute Gasteiger partial charge is 0.0691 e. The van der Waals surface area contributed by atoms with Crippen LogP contribution in [0.15, 0.2) is 0 Å². The molecule has 1 heterocycles. The van der Waals surface area contributed by atoms with Gasteiger partial charge in [-0.05, 0) is 19.9 Å². The van der Waals surface area contributed by atoms with Gasteiger partial charge in [-0.15, -0.1) is 0 Å². The van der Waals surface area contributed by atoms with Gasteiger partial charge in [-0.3, -0.25) is 4.90 Å². The van der Waals surface area contributed by atoms with Gasteiger partial charge < -0.3 is 15.2 Å². The molecule has 1 saturated heterocycles. The zero-order valence-electron chi connectivity index (χ0n) is 12.9. The van der Waals surface area contributed by atoms with Crippen molar-refractivity contribution in [3.63, 3.8) is 0 Å². The number of hydrogen-bond donors (Lipinski definition) is 1. The Balaban J connectivity index is 1.95. The van der Waals surface area contributed by atoms with E-state index in [9.17, 15) is 0 Å². The van der Waals surface area contributed by atoms with Crippen molar-refractivity contribution in [2.24, 2.45) is 17.1 Å². The quantitative estimate of drug-likeness (QED) is 0.712. The molecule has 4 nitrogen and oxygen atoms in total. The van der Waals surface area contributed by atoms with E-state index in [4.69, 9.17) is 15.2 Å². The number of ether oxygens (including phenoxy) is 2. The highest BCUT2D eigenvalue weighted by Crippen LogP contribution is 2.58. The molecule has 4 heteroatoms. The van der Waals surface area contributed by atoms with E-state index in [1.54, 1.807) is 0 Å². The van der Waals surface area contributed by atoms with Crippen LogP contribution in [0.25, 0.3) is 0 Å². The zero-order valence-corrected chi connectivity index (χ0v) is 12.9. The third kappa shape index (κ3) is 2.44. The van der Waals surface area contributed by atoms with Crippen LogP contribution in [0, 0.1) is 11.3 Å². The van der Waals surface area contributed by atoms with Gasteiger partial charge in [0.05, 0.1) is 12.7 Å². The molecule has 1 aliphatic carbocycles. The summed E-state index contributed by atoms with van der Waals surface area (Å²) in [7, 11) is 0. The van der Waals surface area contributed by atoms with Crippen molar-refractivity contribution >= 4 is 0 Å². The van der Waals surface area contributed by atoms with Crippen LogP contribution in [-0.4, -0.2) is 56.0 Å². The summed E-state index contributed by atoms with van der Waals surface area (Å²) in [6.45, 7) is 14.2. The first-order valence-corrected chi connectivity index (χ1v) is 7.68. The summed E-state index contributed by atoms with van der Waals surface area (Å²) >= 11 is 0. The zero-order chi connectivity index (χ0) is 14.1. The largest absolute Gasteiger partial charge is 0.380 e. The predicted molar refractivity (Wildman–Crippen MR) is 77.2 cm³/mol. The van der Waals surface area contributed by atoms with E-state index in [1.165, 1.54) is 0 Å². The normalized spacial score (nSPS) is 36.3. The number of nitrogens with zero attached hydrogens (tertiary/aromatic N) is 1. The average molecular weight is 270 g/mol. The molecule has 2 rings (SSSR count). The lowest BCUT2D eigenvalue weighted by Crippen LogP contribution is -2.78. The fraction of sp³-hybridized carbons (Fsp3) is 1.00. The third-order valence-electron chi connectivity index (χ3n) is 5.35. The van der Waals surface area contributed by atoms with Crippen molar-refractivity contribution in [3.05, 3.63) is 0 Å². The molecule has 3 atom stereocenters. The summed E-state index contributed by atoms with van der Waals surface area (Å²) in [6, 6.07) is 0. The Morgan fingerprint density at radius 3 is 2.74 bits per heavy atom. The van der Waals surface area contributed by atoms with E-state index < -0.39 is 0 Å². The van der Waals surface area contributed by atoms with Crippen LogP contribution in [-0.2, 0) is 9.47 Å². The van der Waals surface area contributed by atoms with Crippen LogP contribution < -0.4 is 5.73 Å². The molecule has 0 spiro atoms. The van der Waals surface area contributed by atoms with E-state index in [2.05, 4.69) is 25.7 Å². The van der Waals surface area contributed by atoms with Crippen LogP contribution in [0.1, 0.15) is 34.1 Å². The highest BCUT2D eigenvalue weighted by molar-refractivity contribution is 5.21. The van der Waals surface area contributed by atoms with Crippen molar-refractivity contribution in [1.29, 1.82) is 0 Å². The Morgan fingerprint density at radius 1 is 1.37 bits per heavy atom. The summed E-state index contributed by atoms with van der Waals surface area (Å²) in [5.74, 6) is 0.531. The molecule has 112 valence electrons. The van der Waals surface area contributed by atoms with Crippen molar-refractivity contribution in [1.82, 2.24) is 4.90 Å². The van der Waals surface area contributed by atoms with Crippen molar-refractivity contribution in [3.8, 4) is 0 Å². The fourth-order valence-corrected chi connectivity index (χ4v) is 3.85. The first-order chi connectivity index (χ1) is 8.97. The van der Waals surface area contributed by atoms with Gasteiger partial charge in [-0.1, -0.05) is 20.8 Å². The van der Waals surface area contributed by atoms with Crippen LogP contribution >= 0.6 is 0 Å². The maximum Gasteiger partial charge on any atom is 0.0691 e. The van der Waals surface area contributed by atoms with Crippen LogP contribution in [0.5, 0.6) is 0 Å². The number of hydrogen-bond acceptors (Lipinski definition) is 4. The number of likely N-dealkylation sites (N-methyl/N-ethyl adjacent to an activating group) is 1. The second-order valence-electron chi connectivity index (χ2n) is 6.51. The molecule has 0 aromatic carbocycles. The van der Waals surface area contributed by atoms with Gasteiger partial charge in [0.25, 0.3) is 0 Å². The van der Waals surface area contributed by atoms with Crippen LogP contribution in [0.2, 0.25) is 0 Å². The minimum atomic E-state index is -0.115. The number of fused-ring (bicyclic) bond motifs is 1. The molecule has 2 aliphatic rings. The molecule has 0 bridgehead atoms. The van der Waals surface area contributed by atoms with Crippen molar-refractivity contribution in [2.45, 2.75) is 45.8 Å². The maximum atomic E-state index is 6.78. The second kappa shape index (κ2) is 5.68. The fourth-order valence-electron chi connectivity index (χ4n) is 3.85. The Bertz CT molecular complexity index is 309. The first kappa shape index (κ1) is 15.2. The average Bonchev–Trinajstić information content (AvgIpc) is 2.86. The molecule has 3 unspecified atom stereocenters. The standard InChI is InChI=1S/C15H30N2O2/c1-5-17(8-10-18-6-2)11-15(16)12-7-9-19-13(12)14(15,3)4/h12-13H,5-11,16H2,1-4H3. The van der Waals surface area contributed by atoms with E-state index in [0.29, 0.717) is 12.0 Å². The van der Waals surface area contributed by atoms with Gasteiger partial charge in [0.2, 0.25) is 0 Å². The molecule has 2 fully saturated rings. The lowest BCUT2D eigenvalue weighted by molar-refractivity contribution is -0.163. The Morgan fingerprint density at radius 2 is 2.11 bits per heavy atom. The van der Waals surface area contributed by atoms with Gasteiger partial charge in [0.15, 0.2) is 0 Å². The third-order valence-corrected chi connectivity index (χ3v) is 5.35. The van der Waals surface area contributed by atoms with E-state index >= 15 is 0 Å². The topological polar surface area (TPSA) is 47.7 Å². The Kier molecular flexibility index (Phi) is 4.56. The maximum absolute atomic E-state index is 6.78. The molecular formula is C15H30N2O2. The summed E-state index contributed by atoms with van der Waals surface area (Å²) in [4.78, 5) is 2.42. The molecule has 0 aromatic heterocycles. The van der Waals surface area contributed by atoms with Gasteiger partial charge in [0.1, 0.15) is 0 Å². The Hall–Kier alpha value is -0.160. The summed E-state index contributed by atoms with van der Waals surface area (Å²) in [5, 5.41) is 0. The summed E-state index contributed by atoms with van der Waals surface area (Å²) < 4.78 is 11.3. The summed E-state index contributed by atoms with van der Waals surface area (Å²) in [5.41, 5.74) is 6.75. The molecule has 1 aliphatic heterocycles. The second-order valence-corrected chi connectivity index (χ2v) is 6.51. The lowest BCUT2D eigenvalue weighted by Gasteiger charge is -2.63.